The van der Waals surface area contributed by atoms with Crippen molar-refractivity contribution in [3.8, 4) is 11.5 Å². The smallest absolute Gasteiger partial charge is 0.308 e. The molecule has 0 unspecified atom stereocenters. The third kappa shape index (κ3) is 10.9. The number of methoxy groups -OCH3 is 1. The molecule has 3 aromatic carbocycles. The molecular weight excluding hydrogens is 639 g/mol. The molecule has 1 aliphatic rings. The van der Waals surface area contributed by atoms with E-state index in [-0.39, 0.29) is 36.8 Å². The maximum atomic E-state index is 14.0. The molecule has 1 aliphatic heterocycles. The van der Waals surface area contributed by atoms with Gasteiger partial charge in [-0.2, -0.15) is 0 Å². The van der Waals surface area contributed by atoms with Gasteiger partial charge in [-0.05, 0) is 74.5 Å². The number of fused-ring (bicyclic) bond motifs is 1. The number of hydrogen-bond acceptors (Lipinski definition) is 7. The topological polar surface area (TPSA) is 86.3 Å². The number of halogens is 2. The molecule has 1 N–H and O–H groups in total. The van der Waals surface area contributed by atoms with E-state index in [0.29, 0.717) is 46.5 Å². The molecule has 0 spiro atoms. The molecule has 10 heteroatoms. The normalized spacial score (nSPS) is 16.1. The molecule has 47 heavy (non-hydrogen) atoms. The van der Waals surface area contributed by atoms with Gasteiger partial charge in [0.25, 0.3) is 5.91 Å². The molecule has 4 rings (SSSR count). The summed E-state index contributed by atoms with van der Waals surface area (Å²) in [7, 11) is 1.59. The lowest BCUT2D eigenvalue weighted by Crippen LogP contribution is -2.44. The van der Waals surface area contributed by atoms with E-state index in [1.807, 2.05) is 36.4 Å². The van der Waals surface area contributed by atoms with Crippen molar-refractivity contribution in [1.29, 1.82) is 0 Å². The van der Waals surface area contributed by atoms with Gasteiger partial charge in [-0.3, -0.25) is 9.59 Å². The Morgan fingerprint density at radius 2 is 1.74 bits per heavy atom. The van der Waals surface area contributed by atoms with Gasteiger partial charge in [0.1, 0.15) is 12.2 Å². The number of benzene rings is 3. The van der Waals surface area contributed by atoms with Crippen LogP contribution in [0.2, 0.25) is 5.02 Å². The summed E-state index contributed by atoms with van der Waals surface area (Å²) in [5.41, 5.74) is 3.16. The van der Waals surface area contributed by atoms with Crippen molar-refractivity contribution in [1.82, 2.24) is 5.32 Å². The zero-order valence-electron chi connectivity index (χ0n) is 28.1. The fourth-order valence-electron chi connectivity index (χ4n) is 5.59. The van der Waals surface area contributed by atoms with Gasteiger partial charge in [0.15, 0.2) is 11.5 Å². The standard InChI is InChI=1S/C37H47ClN2O6.ClH/c1-6-44-33(41)24-32-36(42)40(25-37(2,3)4)30-19-18-27(38)23-29(30)34(46-32)28-16-10-17-31(35(28)43-5)45-22-12-21-39-20-11-15-26-13-8-7-9-14-26;/h7-10,13-14,16-19,23,32,34,39H,6,11-12,15,20-22,24-25H2,1-5H3;1H/t32-,34-;/m1./s1. The number of nitrogens with one attached hydrogen (secondary N) is 1. The Bertz CT molecular complexity index is 1450. The maximum absolute atomic E-state index is 14.0. The second kappa shape index (κ2) is 18.3. The van der Waals surface area contributed by atoms with E-state index < -0.39 is 18.2 Å². The summed E-state index contributed by atoms with van der Waals surface area (Å²) in [6.45, 7) is 10.8. The first-order chi connectivity index (χ1) is 22.1. The van der Waals surface area contributed by atoms with E-state index in [1.54, 1.807) is 25.0 Å². The number of nitrogens with zero attached hydrogens (tertiary/aromatic N) is 1. The predicted molar refractivity (Wildman–Crippen MR) is 189 cm³/mol. The number of aryl methyl sites for hydroxylation is 1. The highest BCUT2D eigenvalue weighted by atomic mass is 35.5. The Balaban J connectivity index is 0.00000600. The van der Waals surface area contributed by atoms with Gasteiger partial charge >= 0.3 is 5.97 Å². The molecular formula is C37H48Cl2N2O6. The van der Waals surface area contributed by atoms with Gasteiger partial charge in [-0.15, -0.1) is 12.4 Å². The second-order valence-electron chi connectivity index (χ2n) is 12.6. The van der Waals surface area contributed by atoms with Crippen LogP contribution < -0.4 is 19.7 Å². The largest absolute Gasteiger partial charge is 0.492 e. The van der Waals surface area contributed by atoms with E-state index in [4.69, 9.17) is 30.5 Å². The predicted octanol–water partition coefficient (Wildman–Crippen LogP) is 7.58. The van der Waals surface area contributed by atoms with E-state index in [0.717, 1.165) is 32.4 Å². The third-order valence-electron chi connectivity index (χ3n) is 7.61. The van der Waals surface area contributed by atoms with Crippen molar-refractivity contribution in [2.45, 2.75) is 65.6 Å². The summed E-state index contributed by atoms with van der Waals surface area (Å²) >= 11 is 6.53. The Hall–Kier alpha value is -3.30. The molecule has 0 aromatic heterocycles. The van der Waals surface area contributed by atoms with Crippen LogP contribution in [0.3, 0.4) is 0 Å². The Kier molecular flexibility index (Phi) is 14.9. The molecule has 0 saturated carbocycles. The van der Waals surface area contributed by atoms with E-state index in [2.05, 4.69) is 50.4 Å². The summed E-state index contributed by atoms with van der Waals surface area (Å²) in [6.07, 6.45) is 0.857. The first-order valence-electron chi connectivity index (χ1n) is 16.1. The molecule has 1 amide bonds. The Morgan fingerprint density at radius 3 is 2.45 bits per heavy atom. The SMILES string of the molecule is CCOC(=O)C[C@H]1O[C@H](c2cccc(OCCCNCCCc3ccccc3)c2OC)c2cc(Cl)ccc2N(CC(C)(C)C)C1=O.Cl. The fraction of sp³-hybridized carbons (Fsp3) is 0.459. The average Bonchev–Trinajstić information content (AvgIpc) is 3.12. The van der Waals surface area contributed by atoms with Crippen LogP contribution in [0.15, 0.2) is 66.7 Å². The molecule has 2 atom stereocenters. The number of carbonyl (C=O) groups excluding carboxylic acids is 2. The minimum absolute atomic E-state index is 0. The quantitative estimate of drug-likeness (QED) is 0.130. The Morgan fingerprint density at radius 1 is 1.00 bits per heavy atom. The van der Waals surface area contributed by atoms with Crippen molar-refractivity contribution >= 4 is 41.6 Å². The van der Waals surface area contributed by atoms with Crippen LogP contribution in [0.1, 0.15) is 69.8 Å². The number of rotatable bonds is 15. The second-order valence-corrected chi connectivity index (χ2v) is 13.1. The van der Waals surface area contributed by atoms with Crippen LogP contribution in [0.25, 0.3) is 0 Å². The van der Waals surface area contributed by atoms with Gasteiger partial charge in [0, 0.05) is 28.4 Å². The van der Waals surface area contributed by atoms with Crippen molar-refractivity contribution in [2.24, 2.45) is 5.41 Å². The monoisotopic (exact) mass is 686 g/mol. The van der Waals surface area contributed by atoms with Gasteiger partial charge in [-0.1, -0.05) is 74.8 Å². The highest BCUT2D eigenvalue weighted by Crippen LogP contribution is 2.45. The van der Waals surface area contributed by atoms with Crippen molar-refractivity contribution in [3.63, 3.8) is 0 Å². The van der Waals surface area contributed by atoms with Crippen LogP contribution in [-0.2, 0) is 25.5 Å². The fourth-order valence-corrected chi connectivity index (χ4v) is 5.77. The summed E-state index contributed by atoms with van der Waals surface area (Å²) in [4.78, 5) is 28.4. The summed E-state index contributed by atoms with van der Waals surface area (Å²) < 4.78 is 23.9. The molecule has 0 bridgehead atoms. The van der Waals surface area contributed by atoms with Crippen molar-refractivity contribution in [3.05, 3.63) is 88.4 Å². The molecule has 0 fully saturated rings. The number of anilines is 1. The summed E-state index contributed by atoms with van der Waals surface area (Å²) in [6, 6.07) is 21.5. The minimum Gasteiger partial charge on any atom is -0.492 e. The number of esters is 1. The van der Waals surface area contributed by atoms with Gasteiger partial charge in [0.05, 0.1) is 26.7 Å². The first-order valence-corrected chi connectivity index (χ1v) is 16.4. The lowest BCUT2D eigenvalue weighted by Gasteiger charge is -2.31. The molecule has 0 aliphatic carbocycles. The molecule has 0 saturated heterocycles. The van der Waals surface area contributed by atoms with Crippen LogP contribution in [0.4, 0.5) is 5.69 Å². The first kappa shape index (κ1) is 38.2. The minimum atomic E-state index is -1.08. The zero-order valence-corrected chi connectivity index (χ0v) is 29.6. The average molecular weight is 688 g/mol. The van der Waals surface area contributed by atoms with E-state index in [9.17, 15) is 9.59 Å². The summed E-state index contributed by atoms with van der Waals surface area (Å²) in [5, 5.41) is 3.99. The van der Waals surface area contributed by atoms with Gasteiger partial charge in [0.2, 0.25) is 0 Å². The third-order valence-corrected chi connectivity index (χ3v) is 7.84. The Labute approximate surface area is 290 Å². The zero-order chi connectivity index (χ0) is 33.1. The molecule has 1 heterocycles. The molecule has 8 nitrogen and oxygen atoms in total. The molecule has 0 radical (unpaired) electrons. The molecule has 256 valence electrons. The van der Waals surface area contributed by atoms with Crippen molar-refractivity contribution < 1.29 is 28.5 Å². The highest BCUT2D eigenvalue weighted by molar-refractivity contribution is 6.30. The van der Waals surface area contributed by atoms with Gasteiger partial charge < -0.3 is 29.2 Å². The maximum Gasteiger partial charge on any atom is 0.308 e. The van der Waals surface area contributed by atoms with Gasteiger partial charge in [-0.25, -0.2) is 0 Å². The number of hydrogen-bond donors (Lipinski definition) is 1. The lowest BCUT2D eigenvalue weighted by atomic mass is 9.94. The number of carbonyl (C=O) groups is 2. The number of ether oxygens (including phenoxy) is 4. The lowest BCUT2D eigenvalue weighted by molar-refractivity contribution is -0.151. The van der Waals surface area contributed by atoms with Crippen LogP contribution in [0, 0.1) is 5.41 Å². The molecule has 3 aromatic rings. The van der Waals surface area contributed by atoms with Crippen molar-refractivity contribution in [2.75, 3.05) is 44.9 Å². The van der Waals surface area contributed by atoms with Crippen LogP contribution >= 0.6 is 24.0 Å². The number of amides is 1. The number of para-hydroxylation sites is 1. The highest BCUT2D eigenvalue weighted by Gasteiger charge is 2.40. The van der Waals surface area contributed by atoms with Crippen LogP contribution in [0.5, 0.6) is 11.5 Å². The van der Waals surface area contributed by atoms with Crippen LogP contribution in [-0.4, -0.2) is 57.9 Å². The van der Waals surface area contributed by atoms with E-state index in [1.165, 1.54) is 5.56 Å². The summed E-state index contributed by atoms with van der Waals surface area (Å²) in [5.74, 6) is 0.259. The van der Waals surface area contributed by atoms with E-state index >= 15 is 0 Å².